The molecule has 0 saturated heterocycles. The molecular formula is C13H16N2O2S. The molecule has 1 fully saturated rings. The number of amides is 1. The Morgan fingerprint density at radius 2 is 2.44 bits per heavy atom. The van der Waals surface area contributed by atoms with E-state index in [-0.39, 0.29) is 17.9 Å². The van der Waals surface area contributed by atoms with Crippen molar-refractivity contribution in [2.75, 3.05) is 13.6 Å². The Labute approximate surface area is 110 Å². The van der Waals surface area contributed by atoms with Crippen molar-refractivity contribution >= 4 is 17.2 Å². The van der Waals surface area contributed by atoms with E-state index in [2.05, 4.69) is 0 Å². The molecule has 4 nitrogen and oxygen atoms in total. The summed E-state index contributed by atoms with van der Waals surface area (Å²) in [5, 5.41) is 20.4. The lowest BCUT2D eigenvalue weighted by molar-refractivity contribution is 0.0697. The van der Waals surface area contributed by atoms with Crippen molar-refractivity contribution in [2.45, 2.75) is 25.4 Å². The molecule has 2 unspecified atom stereocenters. The number of hydrogen-bond acceptors (Lipinski definition) is 4. The lowest BCUT2D eigenvalue weighted by Gasteiger charge is -2.22. The van der Waals surface area contributed by atoms with Crippen LogP contribution in [0.1, 0.15) is 34.5 Å². The predicted octanol–water partition coefficient (Wildman–Crippen LogP) is 1.85. The molecule has 0 aliphatic heterocycles. The van der Waals surface area contributed by atoms with Gasteiger partial charge in [-0.05, 0) is 24.3 Å². The van der Waals surface area contributed by atoms with Crippen LogP contribution >= 0.6 is 11.3 Å². The summed E-state index contributed by atoms with van der Waals surface area (Å²) in [7, 11) is 1.73. The minimum absolute atomic E-state index is 0.124. The van der Waals surface area contributed by atoms with E-state index in [0.29, 0.717) is 17.0 Å². The second-order valence-electron chi connectivity index (χ2n) is 4.72. The van der Waals surface area contributed by atoms with E-state index in [1.807, 2.05) is 6.07 Å². The summed E-state index contributed by atoms with van der Waals surface area (Å²) in [6.45, 7) is 0.558. The van der Waals surface area contributed by atoms with E-state index in [1.54, 1.807) is 23.4 Å². The van der Waals surface area contributed by atoms with Crippen LogP contribution in [-0.4, -0.2) is 35.6 Å². The van der Waals surface area contributed by atoms with Gasteiger partial charge in [0.1, 0.15) is 10.9 Å². The predicted molar refractivity (Wildman–Crippen MR) is 69.3 cm³/mol. The van der Waals surface area contributed by atoms with Crippen LogP contribution < -0.4 is 0 Å². The fraction of sp³-hybridized carbons (Fsp3) is 0.538. The molecule has 18 heavy (non-hydrogen) atoms. The van der Waals surface area contributed by atoms with Crippen molar-refractivity contribution in [2.24, 2.45) is 5.92 Å². The van der Waals surface area contributed by atoms with E-state index in [0.717, 1.165) is 19.3 Å². The van der Waals surface area contributed by atoms with Gasteiger partial charge in [0.2, 0.25) is 0 Å². The number of aliphatic hydroxyl groups excluding tert-OH is 1. The van der Waals surface area contributed by atoms with Crippen LogP contribution in [-0.2, 0) is 0 Å². The van der Waals surface area contributed by atoms with Crippen LogP contribution in [0.25, 0.3) is 0 Å². The molecule has 0 bridgehead atoms. The highest BCUT2D eigenvalue weighted by Crippen LogP contribution is 2.27. The minimum atomic E-state index is -0.293. The number of carbonyl (C=O) groups excluding carboxylic acids is 1. The topological polar surface area (TPSA) is 64.3 Å². The van der Waals surface area contributed by atoms with Crippen molar-refractivity contribution in [3.63, 3.8) is 0 Å². The van der Waals surface area contributed by atoms with E-state index in [1.165, 1.54) is 11.3 Å². The number of hydrogen-bond donors (Lipinski definition) is 1. The molecule has 1 amide bonds. The summed E-state index contributed by atoms with van der Waals surface area (Å²) in [6, 6.07) is 3.69. The highest BCUT2D eigenvalue weighted by molar-refractivity contribution is 7.12. The van der Waals surface area contributed by atoms with E-state index in [9.17, 15) is 9.90 Å². The van der Waals surface area contributed by atoms with E-state index >= 15 is 0 Å². The third-order valence-electron chi connectivity index (χ3n) is 3.45. The monoisotopic (exact) mass is 264 g/mol. The van der Waals surface area contributed by atoms with Gasteiger partial charge < -0.3 is 10.0 Å². The Bertz CT molecular complexity index is 478. The van der Waals surface area contributed by atoms with Crippen molar-refractivity contribution < 1.29 is 9.90 Å². The quantitative estimate of drug-likeness (QED) is 0.906. The first-order chi connectivity index (χ1) is 8.63. The Hall–Kier alpha value is -1.38. The first-order valence-corrected chi connectivity index (χ1v) is 6.92. The number of thiophene rings is 1. The third kappa shape index (κ3) is 2.55. The summed E-state index contributed by atoms with van der Waals surface area (Å²) in [4.78, 5) is 14.3. The largest absolute Gasteiger partial charge is 0.393 e. The highest BCUT2D eigenvalue weighted by Gasteiger charge is 2.28. The molecule has 1 saturated carbocycles. The fourth-order valence-electron chi connectivity index (χ4n) is 2.40. The standard InChI is InChI=1S/C13H16N2O2S/c1-15(8-10-3-2-4-11(10)16)13(17)12-9(7-14)5-6-18-12/h5-6,10-11,16H,2-4,8H2,1H3. The summed E-state index contributed by atoms with van der Waals surface area (Å²) >= 11 is 1.29. The molecule has 2 rings (SSSR count). The Morgan fingerprint density at radius 1 is 1.67 bits per heavy atom. The van der Waals surface area contributed by atoms with Crippen molar-refractivity contribution in [1.29, 1.82) is 5.26 Å². The average Bonchev–Trinajstić information content (AvgIpc) is 2.97. The van der Waals surface area contributed by atoms with Gasteiger partial charge >= 0.3 is 0 Å². The lowest BCUT2D eigenvalue weighted by Crippen LogP contribution is -2.34. The third-order valence-corrected chi connectivity index (χ3v) is 4.36. The van der Waals surface area contributed by atoms with Crippen LogP contribution in [0.2, 0.25) is 0 Å². The number of nitrogens with zero attached hydrogens (tertiary/aromatic N) is 2. The molecule has 1 heterocycles. The van der Waals surface area contributed by atoms with Crippen LogP contribution in [0.3, 0.4) is 0 Å². The Kier molecular flexibility index (Phi) is 4.00. The molecule has 5 heteroatoms. The van der Waals surface area contributed by atoms with Crippen LogP contribution in [0, 0.1) is 17.2 Å². The smallest absolute Gasteiger partial charge is 0.265 e. The summed E-state index contributed by atoms with van der Waals surface area (Å²) in [5.41, 5.74) is 0.434. The minimum Gasteiger partial charge on any atom is -0.393 e. The number of rotatable bonds is 3. The zero-order valence-corrected chi connectivity index (χ0v) is 11.1. The molecule has 2 atom stereocenters. The van der Waals surface area contributed by atoms with Crippen LogP contribution in [0.15, 0.2) is 11.4 Å². The number of carbonyl (C=O) groups is 1. The molecule has 1 aromatic rings. The zero-order valence-electron chi connectivity index (χ0n) is 10.3. The Balaban J connectivity index is 2.03. The summed E-state index contributed by atoms with van der Waals surface area (Å²) in [5.74, 6) is 0.0464. The summed E-state index contributed by atoms with van der Waals surface area (Å²) in [6.07, 6.45) is 2.53. The van der Waals surface area contributed by atoms with Gasteiger partial charge in [-0.2, -0.15) is 5.26 Å². The first-order valence-electron chi connectivity index (χ1n) is 6.04. The van der Waals surface area contributed by atoms with Crippen molar-refractivity contribution in [3.05, 3.63) is 21.9 Å². The maximum atomic E-state index is 12.2. The van der Waals surface area contributed by atoms with Crippen LogP contribution in [0.5, 0.6) is 0 Å². The lowest BCUT2D eigenvalue weighted by atomic mass is 10.1. The van der Waals surface area contributed by atoms with Gasteiger partial charge in [0.15, 0.2) is 0 Å². The van der Waals surface area contributed by atoms with Crippen molar-refractivity contribution in [3.8, 4) is 6.07 Å². The fourth-order valence-corrected chi connectivity index (χ4v) is 3.24. The van der Waals surface area contributed by atoms with E-state index < -0.39 is 0 Å². The molecule has 1 aromatic heterocycles. The zero-order chi connectivity index (χ0) is 13.1. The molecular weight excluding hydrogens is 248 g/mol. The second-order valence-corrected chi connectivity index (χ2v) is 5.64. The molecule has 0 spiro atoms. The van der Waals surface area contributed by atoms with Gasteiger partial charge in [-0.3, -0.25) is 4.79 Å². The molecule has 0 aromatic carbocycles. The summed E-state index contributed by atoms with van der Waals surface area (Å²) < 4.78 is 0. The average molecular weight is 264 g/mol. The van der Waals surface area contributed by atoms with E-state index in [4.69, 9.17) is 5.26 Å². The van der Waals surface area contributed by atoms with Gasteiger partial charge in [0.05, 0.1) is 11.7 Å². The molecule has 0 radical (unpaired) electrons. The van der Waals surface area contributed by atoms with Gasteiger partial charge in [-0.1, -0.05) is 6.42 Å². The number of nitriles is 1. The van der Waals surface area contributed by atoms with Crippen molar-refractivity contribution in [1.82, 2.24) is 4.90 Å². The number of aliphatic hydroxyl groups is 1. The maximum absolute atomic E-state index is 12.2. The first kappa shape index (κ1) is 13.1. The van der Waals surface area contributed by atoms with Gasteiger partial charge in [0, 0.05) is 19.5 Å². The molecule has 1 aliphatic carbocycles. The Morgan fingerprint density at radius 3 is 3.06 bits per heavy atom. The van der Waals surface area contributed by atoms with Crippen LogP contribution in [0.4, 0.5) is 0 Å². The highest BCUT2D eigenvalue weighted by atomic mass is 32.1. The normalized spacial score (nSPS) is 22.7. The van der Waals surface area contributed by atoms with Gasteiger partial charge in [-0.25, -0.2) is 0 Å². The molecule has 1 N–H and O–H groups in total. The van der Waals surface area contributed by atoms with Gasteiger partial charge in [0.25, 0.3) is 5.91 Å². The SMILES string of the molecule is CN(CC1CCCC1O)C(=O)c1sccc1C#N. The second kappa shape index (κ2) is 5.51. The molecule has 96 valence electrons. The maximum Gasteiger partial charge on any atom is 0.265 e. The van der Waals surface area contributed by atoms with Gasteiger partial charge in [-0.15, -0.1) is 11.3 Å². The molecule has 1 aliphatic rings.